The number of carbonyl (C=O) groups excluding carboxylic acids is 1. The predicted molar refractivity (Wildman–Crippen MR) is 118 cm³/mol. The second-order valence-electron chi connectivity index (χ2n) is 8.54. The van der Waals surface area contributed by atoms with Crippen molar-refractivity contribution in [3.05, 3.63) is 58.7 Å². The Morgan fingerprint density at radius 2 is 1.87 bits per heavy atom. The summed E-state index contributed by atoms with van der Waals surface area (Å²) in [6.45, 7) is 7.09. The molecule has 2 aromatic rings. The summed E-state index contributed by atoms with van der Waals surface area (Å²) < 4.78 is 11.8. The first-order chi connectivity index (χ1) is 14.5. The van der Waals surface area contributed by atoms with Crippen LogP contribution in [0.2, 0.25) is 0 Å². The fourth-order valence-electron chi connectivity index (χ4n) is 4.19. The molecule has 2 aromatic carbocycles. The van der Waals surface area contributed by atoms with Crippen LogP contribution in [0, 0.1) is 5.92 Å². The number of amides is 1. The van der Waals surface area contributed by atoms with E-state index >= 15 is 0 Å². The van der Waals surface area contributed by atoms with Crippen LogP contribution in [0.3, 0.4) is 0 Å². The van der Waals surface area contributed by atoms with E-state index in [2.05, 4.69) is 53.5 Å². The summed E-state index contributed by atoms with van der Waals surface area (Å²) in [5.74, 6) is 2.53. The van der Waals surface area contributed by atoms with Gasteiger partial charge in [-0.2, -0.15) is 0 Å². The molecule has 1 unspecified atom stereocenters. The molecule has 160 valence electrons. The van der Waals surface area contributed by atoms with Crippen molar-refractivity contribution in [2.75, 3.05) is 20.3 Å². The molecule has 0 radical (unpaired) electrons. The molecule has 0 saturated heterocycles. The lowest BCUT2D eigenvalue weighted by atomic mass is 9.92. The summed E-state index contributed by atoms with van der Waals surface area (Å²) >= 11 is 0. The second-order valence-corrected chi connectivity index (χ2v) is 8.54. The van der Waals surface area contributed by atoms with E-state index in [1.54, 1.807) is 14.0 Å². The molecular weight excluding hydrogens is 376 g/mol. The van der Waals surface area contributed by atoms with Crippen molar-refractivity contribution in [3.63, 3.8) is 0 Å². The molecule has 1 saturated carbocycles. The first-order valence-electron chi connectivity index (χ1n) is 10.9. The molecule has 4 rings (SSSR count). The Balaban J connectivity index is 1.44. The van der Waals surface area contributed by atoms with Gasteiger partial charge in [0, 0.05) is 38.2 Å². The first kappa shape index (κ1) is 20.7. The van der Waals surface area contributed by atoms with Crippen molar-refractivity contribution in [2.24, 2.45) is 5.92 Å². The number of hydrogen-bond donors (Lipinski definition) is 1. The molecule has 5 nitrogen and oxygen atoms in total. The van der Waals surface area contributed by atoms with Gasteiger partial charge in [-0.25, -0.2) is 0 Å². The second kappa shape index (κ2) is 9.09. The largest absolute Gasteiger partial charge is 0.493 e. The van der Waals surface area contributed by atoms with E-state index in [4.69, 9.17) is 9.47 Å². The summed E-state index contributed by atoms with van der Waals surface area (Å²) in [6, 6.07) is 13.1. The fourth-order valence-corrected chi connectivity index (χ4v) is 4.19. The molecule has 1 N–H and O–H groups in total. The molecule has 1 aliphatic carbocycles. The number of nitrogens with zero attached hydrogens (tertiary/aromatic N) is 1. The standard InChI is InChI=1S/C25H32N2O3/c1-17-22-10-11-24(30-16-21-8-9-21)25(29-3)23(22)12-13-27(17)15-20-6-4-19(5-7-20)14-26-18(2)28/h4-7,10-11,17,21H,8-9,12-16H2,1-3H3,(H,26,28). The van der Waals surface area contributed by atoms with E-state index in [9.17, 15) is 4.79 Å². The first-order valence-corrected chi connectivity index (χ1v) is 10.9. The van der Waals surface area contributed by atoms with Gasteiger partial charge in [-0.15, -0.1) is 0 Å². The van der Waals surface area contributed by atoms with E-state index in [1.165, 1.54) is 29.5 Å². The van der Waals surface area contributed by atoms with Gasteiger partial charge < -0.3 is 14.8 Å². The number of nitrogens with one attached hydrogen (secondary N) is 1. The molecule has 1 atom stereocenters. The van der Waals surface area contributed by atoms with Gasteiger partial charge in [-0.1, -0.05) is 30.3 Å². The van der Waals surface area contributed by atoms with Crippen LogP contribution in [0.5, 0.6) is 11.5 Å². The van der Waals surface area contributed by atoms with Crippen LogP contribution in [-0.4, -0.2) is 31.1 Å². The van der Waals surface area contributed by atoms with E-state index < -0.39 is 0 Å². The Morgan fingerprint density at radius 3 is 2.53 bits per heavy atom. The molecule has 30 heavy (non-hydrogen) atoms. The van der Waals surface area contributed by atoms with Gasteiger partial charge >= 0.3 is 0 Å². The lowest BCUT2D eigenvalue weighted by molar-refractivity contribution is -0.119. The van der Waals surface area contributed by atoms with Gasteiger partial charge in [0.15, 0.2) is 11.5 Å². The molecule has 1 heterocycles. The highest BCUT2D eigenvalue weighted by Crippen LogP contribution is 2.41. The normalized spacial score (nSPS) is 18.6. The summed E-state index contributed by atoms with van der Waals surface area (Å²) in [7, 11) is 1.75. The number of rotatable bonds is 8. The molecule has 1 fully saturated rings. The van der Waals surface area contributed by atoms with E-state index in [0.717, 1.165) is 49.1 Å². The summed E-state index contributed by atoms with van der Waals surface area (Å²) in [5, 5.41) is 2.84. The molecule has 0 spiro atoms. The van der Waals surface area contributed by atoms with Gasteiger partial charge in [0.2, 0.25) is 5.91 Å². The zero-order valence-electron chi connectivity index (χ0n) is 18.2. The zero-order valence-corrected chi connectivity index (χ0v) is 18.2. The lowest BCUT2D eigenvalue weighted by Gasteiger charge is -2.36. The zero-order chi connectivity index (χ0) is 21.1. The van der Waals surface area contributed by atoms with Crippen LogP contribution in [0.4, 0.5) is 0 Å². The van der Waals surface area contributed by atoms with E-state index in [0.29, 0.717) is 12.6 Å². The third-order valence-electron chi connectivity index (χ3n) is 6.23. The molecule has 2 aliphatic rings. The maximum atomic E-state index is 11.1. The van der Waals surface area contributed by atoms with Gasteiger partial charge in [0.1, 0.15) is 0 Å². The number of methoxy groups -OCH3 is 1. The number of benzene rings is 2. The Kier molecular flexibility index (Phi) is 6.28. The van der Waals surface area contributed by atoms with Crippen LogP contribution in [0.25, 0.3) is 0 Å². The van der Waals surface area contributed by atoms with Crippen LogP contribution >= 0.6 is 0 Å². The molecule has 1 amide bonds. The summed E-state index contributed by atoms with van der Waals surface area (Å²) in [5.41, 5.74) is 5.03. The smallest absolute Gasteiger partial charge is 0.217 e. The summed E-state index contributed by atoms with van der Waals surface area (Å²) in [4.78, 5) is 13.6. The van der Waals surface area contributed by atoms with Gasteiger partial charge in [-0.3, -0.25) is 9.69 Å². The van der Waals surface area contributed by atoms with Crippen molar-refractivity contribution in [1.82, 2.24) is 10.2 Å². The van der Waals surface area contributed by atoms with Crippen LogP contribution < -0.4 is 14.8 Å². The quantitative estimate of drug-likeness (QED) is 0.710. The Bertz CT molecular complexity index is 890. The SMILES string of the molecule is COc1c(OCC2CC2)ccc2c1CCN(Cc1ccc(CNC(C)=O)cc1)C2C. The van der Waals surface area contributed by atoms with Crippen molar-refractivity contribution >= 4 is 5.91 Å². The topological polar surface area (TPSA) is 50.8 Å². The van der Waals surface area contributed by atoms with Crippen LogP contribution in [0.15, 0.2) is 36.4 Å². The van der Waals surface area contributed by atoms with Crippen LogP contribution in [0.1, 0.15) is 55.0 Å². The molecule has 5 heteroatoms. The monoisotopic (exact) mass is 408 g/mol. The Hall–Kier alpha value is -2.53. The predicted octanol–water partition coefficient (Wildman–Crippen LogP) is 4.24. The van der Waals surface area contributed by atoms with Crippen molar-refractivity contribution in [3.8, 4) is 11.5 Å². The fraction of sp³-hybridized carbons (Fsp3) is 0.480. The van der Waals surface area contributed by atoms with Crippen molar-refractivity contribution < 1.29 is 14.3 Å². The maximum absolute atomic E-state index is 11.1. The number of hydrogen-bond acceptors (Lipinski definition) is 4. The molecular formula is C25H32N2O3. The highest BCUT2D eigenvalue weighted by atomic mass is 16.5. The van der Waals surface area contributed by atoms with Gasteiger partial charge in [-0.05, 0) is 54.9 Å². The minimum atomic E-state index is -0.00333. The summed E-state index contributed by atoms with van der Waals surface area (Å²) in [6.07, 6.45) is 3.53. The Labute approximate surface area is 179 Å². The average molecular weight is 409 g/mol. The lowest BCUT2D eigenvalue weighted by Crippen LogP contribution is -2.33. The van der Waals surface area contributed by atoms with Gasteiger partial charge in [0.05, 0.1) is 13.7 Å². The molecule has 1 aliphatic heterocycles. The van der Waals surface area contributed by atoms with E-state index in [-0.39, 0.29) is 5.91 Å². The highest BCUT2D eigenvalue weighted by Gasteiger charge is 2.29. The number of fused-ring (bicyclic) bond motifs is 1. The van der Waals surface area contributed by atoms with Crippen molar-refractivity contribution in [1.29, 1.82) is 0 Å². The Morgan fingerprint density at radius 1 is 1.13 bits per heavy atom. The third kappa shape index (κ3) is 4.78. The molecule has 0 bridgehead atoms. The van der Waals surface area contributed by atoms with Crippen molar-refractivity contribution in [2.45, 2.75) is 52.2 Å². The molecule has 0 aromatic heterocycles. The third-order valence-corrected chi connectivity index (χ3v) is 6.23. The highest BCUT2D eigenvalue weighted by molar-refractivity contribution is 5.72. The number of ether oxygens (including phenoxy) is 2. The minimum absolute atomic E-state index is 0.00333. The van der Waals surface area contributed by atoms with Crippen LogP contribution in [-0.2, 0) is 24.3 Å². The average Bonchev–Trinajstić information content (AvgIpc) is 3.57. The number of carbonyl (C=O) groups is 1. The van der Waals surface area contributed by atoms with E-state index in [1.807, 2.05) is 0 Å². The minimum Gasteiger partial charge on any atom is -0.493 e. The van der Waals surface area contributed by atoms with Gasteiger partial charge in [0.25, 0.3) is 0 Å². The maximum Gasteiger partial charge on any atom is 0.217 e.